The minimum atomic E-state index is -4.45. The number of rotatable bonds is 5. The number of hydrogen-bond acceptors (Lipinski definition) is 5. The van der Waals surface area contributed by atoms with E-state index in [1.54, 1.807) is 6.92 Å². The van der Waals surface area contributed by atoms with Crippen LogP contribution in [0.5, 0.6) is 0 Å². The Hall–Kier alpha value is -2.16. The van der Waals surface area contributed by atoms with Crippen LogP contribution in [0.4, 0.5) is 19.1 Å². The molecule has 1 fully saturated rings. The summed E-state index contributed by atoms with van der Waals surface area (Å²) in [4.78, 5) is 16.4. The Kier molecular flexibility index (Phi) is 5.45. The molecule has 0 amide bonds. The van der Waals surface area contributed by atoms with E-state index in [-0.39, 0.29) is 5.95 Å². The first kappa shape index (κ1) is 18.6. The van der Waals surface area contributed by atoms with Crippen molar-refractivity contribution in [3.05, 3.63) is 35.7 Å². The highest BCUT2D eigenvalue weighted by atomic mass is 19.4. The van der Waals surface area contributed by atoms with E-state index >= 15 is 0 Å². The molecule has 0 spiro atoms. The van der Waals surface area contributed by atoms with Crippen LogP contribution in [0.15, 0.2) is 18.5 Å². The second kappa shape index (κ2) is 7.61. The molecule has 142 valence electrons. The third-order valence-corrected chi connectivity index (χ3v) is 4.56. The number of halogens is 3. The molecule has 9 heteroatoms. The van der Waals surface area contributed by atoms with Gasteiger partial charge in [-0.05, 0) is 13.0 Å². The van der Waals surface area contributed by atoms with Crippen molar-refractivity contribution < 1.29 is 13.2 Å². The van der Waals surface area contributed by atoms with Crippen LogP contribution in [0, 0.1) is 6.92 Å². The van der Waals surface area contributed by atoms with Crippen LogP contribution < -0.4 is 4.90 Å². The summed E-state index contributed by atoms with van der Waals surface area (Å²) in [6.45, 7) is 8.17. The van der Waals surface area contributed by atoms with Crippen LogP contribution in [-0.4, -0.2) is 57.1 Å². The summed E-state index contributed by atoms with van der Waals surface area (Å²) in [5, 5.41) is 0. The molecule has 1 aliphatic rings. The summed E-state index contributed by atoms with van der Waals surface area (Å²) in [6, 6.07) is 0.982. The number of anilines is 1. The van der Waals surface area contributed by atoms with Crippen LogP contribution in [0.1, 0.15) is 24.1 Å². The van der Waals surface area contributed by atoms with Crippen LogP contribution >= 0.6 is 0 Å². The number of imidazole rings is 1. The summed E-state index contributed by atoms with van der Waals surface area (Å²) < 4.78 is 41.0. The molecule has 6 nitrogen and oxygen atoms in total. The molecule has 3 heterocycles. The van der Waals surface area contributed by atoms with E-state index in [4.69, 9.17) is 0 Å². The Morgan fingerprint density at radius 1 is 1.08 bits per heavy atom. The fourth-order valence-electron chi connectivity index (χ4n) is 3.12. The number of aryl methyl sites for hydroxylation is 2. The second-order valence-electron chi connectivity index (χ2n) is 6.41. The number of nitrogens with zero attached hydrogens (tertiary/aromatic N) is 6. The van der Waals surface area contributed by atoms with Crippen molar-refractivity contribution in [1.82, 2.24) is 24.4 Å². The minimum absolute atomic E-state index is 0.167. The predicted molar refractivity (Wildman–Crippen MR) is 92.0 cm³/mol. The quantitative estimate of drug-likeness (QED) is 0.811. The van der Waals surface area contributed by atoms with E-state index < -0.39 is 11.9 Å². The van der Waals surface area contributed by atoms with Gasteiger partial charge in [0.05, 0.1) is 0 Å². The van der Waals surface area contributed by atoms with Gasteiger partial charge in [0, 0.05) is 63.8 Å². The van der Waals surface area contributed by atoms with Gasteiger partial charge in [-0.1, -0.05) is 6.92 Å². The number of aromatic nitrogens is 4. The average molecular weight is 368 g/mol. The van der Waals surface area contributed by atoms with Gasteiger partial charge >= 0.3 is 6.18 Å². The second-order valence-corrected chi connectivity index (χ2v) is 6.41. The van der Waals surface area contributed by atoms with Gasteiger partial charge in [0.1, 0.15) is 11.5 Å². The Morgan fingerprint density at radius 2 is 1.81 bits per heavy atom. The number of alkyl halides is 3. The largest absolute Gasteiger partial charge is 0.433 e. The van der Waals surface area contributed by atoms with Crippen molar-refractivity contribution in [3.8, 4) is 0 Å². The lowest BCUT2D eigenvalue weighted by Gasteiger charge is -2.35. The van der Waals surface area contributed by atoms with E-state index in [0.29, 0.717) is 18.8 Å². The summed E-state index contributed by atoms with van der Waals surface area (Å²) in [7, 11) is 0. The molecule has 26 heavy (non-hydrogen) atoms. The summed E-state index contributed by atoms with van der Waals surface area (Å²) in [5.74, 6) is 1.23. The summed E-state index contributed by atoms with van der Waals surface area (Å²) in [6.07, 6.45) is 0.234. The zero-order chi connectivity index (χ0) is 18.7. The average Bonchev–Trinajstić information content (AvgIpc) is 3.06. The van der Waals surface area contributed by atoms with Crippen LogP contribution in [0.25, 0.3) is 0 Å². The summed E-state index contributed by atoms with van der Waals surface area (Å²) in [5.41, 5.74) is -0.549. The molecule has 0 unspecified atom stereocenters. The fourth-order valence-corrected chi connectivity index (χ4v) is 3.12. The zero-order valence-corrected chi connectivity index (χ0v) is 15.0. The fraction of sp³-hybridized carbons (Fsp3) is 0.588. The molecule has 3 rings (SSSR count). The Labute approximate surface area is 150 Å². The first-order chi connectivity index (χ1) is 12.4. The number of piperazine rings is 1. The van der Waals surface area contributed by atoms with Crippen molar-refractivity contribution in [2.24, 2.45) is 0 Å². The molecule has 0 aliphatic carbocycles. The maximum atomic E-state index is 12.9. The van der Waals surface area contributed by atoms with Gasteiger partial charge in [0.2, 0.25) is 5.95 Å². The normalized spacial score (nSPS) is 16.3. The maximum absolute atomic E-state index is 12.9. The molecule has 0 saturated carbocycles. The lowest BCUT2D eigenvalue weighted by atomic mass is 10.3. The first-order valence-corrected chi connectivity index (χ1v) is 8.77. The predicted octanol–water partition coefficient (Wildman–Crippen LogP) is 2.38. The Bertz CT molecular complexity index is 734. The van der Waals surface area contributed by atoms with Gasteiger partial charge in [-0.25, -0.2) is 15.0 Å². The van der Waals surface area contributed by atoms with Crippen molar-refractivity contribution >= 4 is 5.95 Å². The highest BCUT2D eigenvalue weighted by Crippen LogP contribution is 2.29. The Morgan fingerprint density at radius 3 is 2.46 bits per heavy atom. The van der Waals surface area contributed by atoms with Crippen molar-refractivity contribution in [3.63, 3.8) is 0 Å². The molecule has 0 aromatic carbocycles. The van der Waals surface area contributed by atoms with Crippen molar-refractivity contribution in [1.29, 1.82) is 0 Å². The Balaban J connectivity index is 1.58. The molecule has 2 aromatic heterocycles. The molecule has 1 saturated heterocycles. The van der Waals surface area contributed by atoms with Gasteiger partial charge < -0.3 is 9.47 Å². The SMILES string of the molecule is CCc1nccn1CCN1CCN(c2nc(C)cc(C(F)(F)F)n2)CC1. The van der Waals surface area contributed by atoms with E-state index in [0.717, 1.165) is 44.5 Å². The van der Waals surface area contributed by atoms with Crippen LogP contribution in [-0.2, 0) is 19.1 Å². The highest BCUT2D eigenvalue weighted by Gasteiger charge is 2.34. The first-order valence-electron chi connectivity index (χ1n) is 8.77. The zero-order valence-electron chi connectivity index (χ0n) is 15.0. The van der Waals surface area contributed by atoms with E-state index in [1.165, 1.54) is 0 Å². The molecule has 0 bridgehead atoms. The van der Waals surface area contributed by atoms with Crippen molar-refractivity contribution in [2.75, 3.05) is 37.6 Å². The van der Waals surface area contributed by atoms with E-state index in [2.05, 4.69) is 31.3 Å². The van der Waals surface area contributed by atoms with Crippen LogP contribution in [0.3, 0.4) is 0 Å². The van der Waals surface area contributed by atoms with Gasteiger partial charge in [-0.15, -0.1) is 0 Å². The molecule has 0 atom stereocenters. The topological polar surface area (TPSA) is 50.1 Å². The van der Waals surface area contributed by atoms with Gasteiger partial charge in [-0.2, -0.15) is 13.2 Å². The van der Waals surface area contributed by atoms with E-state index in [9.17, 15) is 13.2 Å². The highest BCUT2D eigenvalue weighted by molar-refractivity contribution is 5.33. The molecular weight excluding hydrogens is 345 g/mol. The van der Waals surface area contributed by atoms with Gasteiger partial charge in [0.25, 0.3) is 0 Å². The smallest absolute Gasteiger partial charge is 0.338 e. The van der Waals surface area contributed by atoms with Gasteiger partial charge in [-0.3, -0.25) is 4.90 Å². The lowest BCUT2D eigenvalue weighted by molar-refractivity contribution is -0.141. The standard InChI is InChI=1S/C17H23F3N6/c1-3-15-21-4-5-25(15)9-6-24-7-10-26(11-8-24)16-22-13(2)12-14(23-16)17(18,19)20/h4-5,12H,3,6-11H2,1-2H3. The van der Waals surface area contributed by atoms with Crippen molar-refractivity contribution in [2.45, 2.75) is 33.0 Å². The van der Waals surface area contributed by atoms with Crippen LogP contribution in [0.2, 0.25) is 0 Å². The molecule has 2 aromatic rings. The molecular formula is C17H23F3N6. The van der Waals surface area contributed by atoms with E-state index in [1.807, 2.05) is 17.3 Å². The molecule has 0 radical (unpaired) electrons. The third kappa shape index (κ3) is 4.32. The lowest BCUT2D eigenvalue weighted by Crippen LogP contribution is -2.48. The molecule has 0 N–H and O–H groups in total. The molecule has 1 aliphatic heterocycles. The maximum Gasteiger partial charge on any atom is 0.433 e. The summed E-state index contributed by atoms with van der Waals surface area (Å²) >= 11 is 0. The minimum Gasteiger partial charge on any atom is -0.338 e. The third-order valence-electron chi connectivity index (χ3n) is 4.56. The monoisotopic (exact) mass is 368 g/mol. The number of hydrogen-bond donors (Lipinski definition) is 0. The van der Waals surface area contributed by atoms with Gasteiger partial charge in [0.15, 0.2) is 0 Å².